The molecule has 82 valence electrons. The van der Waals surface area contributed by atoms with Crippen LogP contribution < -0.4 is 5.32 Å². The number of hydrogen-bond acceptors (Lipinski definition) is 4. The van der Waals surface area contributed by atoms with E-state index in [1.54, 1.807) is 18.6 Å². The average Bonchev–Trinajstić information content (AvgIpc) is 2.30. The van der Waals surface area contributed by atoms with E-state index >= 15 is 0 Å². The molecule has 0 bridgehead atoms. The van der Waals surface area contributed by atoms with Crippen molar-refractivity contribution in [3.05, 3.63) is 47.1 Å². The second kappa shape index (κ2) is 4.90. The first kappa shape index (κ1) is 10.8. The van der Waals surface area contributed by atoms with E-state index in [2.05, 4.69) is 20.3 Å². The van der Waals surface area contributed by atoms with Crippen LogP contribution in [0, 0.1) is 6.92 Å². The van der Waals surface area contributed by atoms with Gasteiger partial charge in [-0.05, 0) is 18.6 Å². The molecule has 0 spiro atoms. The van der Waals surface area contributed by atoms with E-state index in [9.17, 15) is 0 Å². The van der Waals surface area contributed by atoms with Crippen molar-refractivity contribution >= 4 is 17.4 Å². The molecule has 0 saturated heterocycles. The lowest BCUT2D eigenvalue weighted by Crippen LogP contribution is -2.05. The van der Waals surface area contributed by atoms with Crippen molar-refractivity contribution in [3.63, 3.8) is 0 Å². The first-order valence-corrected chi connectivity index (χ1v) is 5.26. The van der Waals surface area contributed by atoms with Crippen LogP contribution in [0.15, 0.2) is 30.7 Å². The zero-order valence-corrected chi connectivity index (χ0v) is 9.57. The number of aryl methyl sites for hydroxylation is 1. The van der Waals surface area contributed by atoms with Crippen molar-refractivity contribution in [2.75, 3.05) is 5.32 Å². The molecule has 0 unspecified atom stereocenters. The molecule has 2 aromatic heterocycles. The highest BCUT2D eigenvalue weighted by atomic mass is 35.5. The summed E-state index contributed by atoms with van der Waals surface area (Å²) in [5.74, 6) is 0.578. The maximum absolute atomic E-state index is 5.87. The van der Waals surface area contributed by atoms with E-state index < -0.39 is 0 Å². The van der Waals surface area contributed by atoms with Crippen LogP contribution in [0.25, 0.3) is 0 Å². The monoisotopic (exact) mass is 234 g/mol. The van der Waals surface area contributed by atoms with Gasteiger partial charge in [-0.1, -0.05) is 17.7 Å². The van der Waals surface area contributed by atoms with Gasteiger partial charge in [-0.15, -0.1) is 0 Å². The Kier molecular flexibility index (Phi) is 3.31. The van der Waals surface area contributed by atoms with Crippen LogP contribution in [0.2, 0.25) is 5.15 Å². The van der Waals surface area contributed by atoms with Crippen molar-refractivity contribution in [3.8, 4) is 0 Å². The van der Waals surface area contributed by atoms with E-state index in [0.717, 1.165) is 11.3 Å². The molecule has 1 N–H and O–H groups in total. The highest BCUT2D eigenvalue weighted by molar-refractivity contribution is 6.31. The summed E-state index contributed by atoms with van der Waals surface area (Å²) in [4.78, 5) is 12.3. The lowest BCUT2D eigenvalue weighted by Gasteiger charge is -2.07. The molecule has 16 heavy (non-hydrogen) atoms. The van der Waals surface area contributed by atoms with Gasteiger partial charge in [0, 0.05) is 18.6 Å². The number of aromatic nitrogens is 3. The Balaban J connectivity index is 2.09. The first-order chi connectivity index (χ1) is 7.77. The van der Waals surface area contributed by atoms with Gasteiger partial charge in [-0.25, -0.2) is 9.97 Å². The molecule has 0 aliphatic heterocycles. The second-order valence-electron chi connectivity index (χ2n) is 3.32. The Bertz CT molecular complexity index is 441. The van der Waals surface area contributed by atoms with Crippen LogP contribution in [-0.4, -0.2) is 15.0 Å². The van der Waals surface area contributed by atoms with E-state index in [4.69, 9.17) is 11.6 Å². The average molecular weight is 235 g/mol. The summed E-state index contributed by atoms with van der Waals surface area (Å²) in [6, 6.07) is 3.93. The lowest BCUT2D eigenvalue weighted by molar-refractivity contribution is 0.999. The van der Waals surface area contributed by atoms with Crippen molar-refractivity contribution in [1.82, 2.24) is 15.0 Å². The quantitative estimate of drug-likeness (QED) is 0.886. The molecule has 0 amide bonds. The predicted molar refractivity (Wildman–Crippen MR) is 63.3 cm³/mol. The van der Waals surface area contributed by atoms with Crippen molar-refractivity contribution in [2.24, 2.45) is 0 Å². The maximum atomic E-state index is 5.87. The summed E-state index contributed by atoms with van der Waals surface area (Å²) in [5, 5.41) is 3.47. The first-order valence-electron chi connectivity index (χ1n) is 4.88. The van der Waals surface area contributed by atoms with Crippen LogP contribution in [0.3, 0.4) is 0 Å². The molecular weight excluding hydrogens is 224 g/mol. The minimum absolute atomic E-state index is 0.371. The number of halogens is 1. The van der Waals surface area contributed by atoms with E-state index in [1.165, 1.54) is 0 Å². The third-order valence-electron chi connectivity index (χ3n) is 2.19. The third-order valence-corrected chi connectivity index (χ3v) is 2.47. The number of anilines is 1. The van der Waals surface area contributed by atoms with Crippen LogP contribution >= 0.6 is 11.6 Å². The third kappa shape index (κ3) is 2.46. The number of hydrogen-bond donors (Lipinski definition) is 1. The van der Waals surface area contributed by atoms with Gasteiger partial charge >= 0.3 is 0 Å². The SMILES string of the molecule is Cc1cccnc1CNc1nccnc1Cl. The lowest BCUT2D eigenvalue weighted by atomic mass is 10.2. The normalized spacial score (nSPS) is 10.1. The molecule has 0 aliphatic rings. The Morgan fingerprint density at radius 1 is 1.19 bits per heavy atom. The van der Waals surface area contributed by atoms with Crippen molar-refractivity contribution < 1.29 is 0 Å². The van der Waals surface area contributed by atoms with Gasteiger partial charge in [-0.2, -0.15) is 0 Å². The van der Waals surface area contributed by atoms with Gasteiger partial charge in [0.25, 0.3) is 0 Å². The minimum atomic E-state index is 0.371. The fraction of sp³-hybridized carbons (Fsp3) is 0.182. The molecule has 0 atom stereocenters. The van der Waals surface area contributed by atoms with E-state index in [0.29, 0.717) is 17.5 Å². The fourth-order valence-corrected chi connectivity index (χ4v) is 1.48. The topological polar surface area (TPSA) is 50.7 Å². The van der Waals surface area contributed by atoms with Gasteiger partial charge < -0.3 is 5.32 Å². The Morgan fingerprint density at radius 3 is 2.75 bits per heavy atom. The second-order valence-corrected chi connectivity index (χ2v) is 3.67. The molecule has 0 radical (unpaired) electrons. The van der Waals surface area contributed by atoms with E-state index in [-0.39, 0.29) is 0 Å². The van der Waals surface area contributed by atoms with Gasteiger partial charge in [0.15, 0.2) is 11.0 Å². The van der Waals surface area contributed by atoms with Crippen LogP contribution in [0.5, 0.6) is 0 Å². The number of nitrogens with one attached hydrogen (secondary N) is 1. The highest BCUT2D eigenvalue weighted by Crippen LogP contribution is 2.15. The Hall–Kier alpha value is -1.68. The number of pyridine rings is 1. The molecule has 0 saturated carbocycles. The molecule has 2 aromatic rings. The molecule has 2 rings (SSSR count). The summed E-state index contributed by atoms with van der Waals surface area (Å²) in [7, 11) is 0. The van der Waals surface area contributed by atoms with Gasteiger partial charge in [0.05, 0.1) is 12.2 Å². The Labute approximate surface area is 98.7 Å². The van der Waals surface area contributed by atoms with Crippen molar-refractivity contribution in [2.45, 2.75) is 13.5 Å². The molecule has 0 aliphatic carbocycles. The van der Waals surface area contributed by atoms with Crippen LogP contribution in [0.4, 0.5) is 5.82 Å². The highest BCUT2D eigenvalue weighted by Gasteiger charge is 2.03. The smallest absolute Gasteiger partial charge is 0.171 e. The molecule has 5 heteroatoms. The summed E-state index contributed by atoms with van der Waals surface area (Å²) in [5.41, 5.74) is 2.11. The number of rotatable bonds is 3. The summed E-state index contributed by atoms with van der Waals surface area (Å²) >= 11 is 5.87. The van der Waals surface area contributed by atoms with E-state index in [1.807, 2.05) is 19.1 Å². The van der Waals surface area contributed by atoms with Crippen molar-refractivity contribution in [1.29, 1.82) is 0 Å². The molecular formula is C11H11ClN4. The molecule has 4 nitrogen and oxygen atoms in total. The van der Waals surface area contributed by atoms with Crippen LogP contribution in [0.1, 0.15) is 11.3 Å². The largest absolute Gasteiger partial charge is 0.362 e. The summed E-state index contributed by atoms with van der Waals surface area (Å²) < 4.78 is 0. The summed E-state index contributed by atoms with van der Waals surface area (Å²) in [6.07, 6.45) is 4.92. The predicted octanol–water partition coefficient (Wildman–Crippen LogP) is 2.45. The number of nitrogens with zero attached hydrogens (tertiary/aromatic N) is 3. The van der Waals surface area contributed by atoms with Gasteiger partial charge in [-0.3, -0.25) is 4.98 Å². The zero-order valence-electron chi connectivity index (χ0n) is 8.81. The molecule has 0 aromatic carbocycles. The standard InChI is InChI=1S/C11H11ClN4/c1-8-3-2-4-13-9(8)7-16-11-10(12)14-5-6-15-11/h2-6H,7H2,1H3,(H,15,16). The maximum Gasteiger partial charge on any atom is 0.171 e. The van der Waals surface area contributed by atoms with Crippen LogP contribution in [-0.2, 0) is 6.54 Å². The van der Waals surface area contributed by atoms with Gasteiger partial charge in [0.2, 0.25) is 0 Å². The minimum Gasteiger partial charge on any atom is -0.362 e. The Morgan fingerprint density at radius 2 is 2.00 bits per heavy atom. The fourth-order valence-electron chi connectivity index (χ4n) is 1.31. The molecule has 0 fully saturated rings. The summed E-state index contributed by atoms with van der Waals surface area (Å²) in [6.45, 7) is 2.60. The van der Waals surface area contributed by atoms with Gasteiger partial charge in [0.1, 0.15) is 0 Å². The zero-order chi connectivity index (χ0) is 11.4. The molecule has 2 heterocycles.